The second kappa shape index (κ2) is 11.5. The predicted molar refractivity (Wildman–Crippen MR) is 132 cm³/mol. The molecule has 0 aliphatic carbocycles. The smallest absolute Gasteiger partial charge is 0.322 e. The molecule has 168 valence electrons. The normalized spacial score (nSPS) is 10.6. The number of nitrogens with one attached hydrogen (secondary N) is 1. The molecule has 0 bridgehead atoms. The standard InChI is InChI=1S/C26H31N3O2S/c1-4-15-28(26(31)27-24-14-8-10-20(2)21(24)3)19-25(30)29(18-23-13-9-16-32-23)17-22-11-6-5-7-12-22/h5-14,16H,4,15,17-19H2,1-3H3,(H,27,31). The number of amides is 3. The first-order chi connectivity index (χ1) is 15.5. The van der Waals surface area contributed by atoms with Crippen LogP contribution in [0.2, 0.25) is 0 Å². The fraction of sp³-hybridized carbons (Fsp3) is 0.308. The molecule has 0 atom stereocenters. The topological polar surface area (TPSA) is 52.7 Å². The minimum Gasteiger partial charge on any atom is -0.332 e. The number of hydrogen-bond donors (Lipinski definition) is 1. The Labute approximate surface area is 194 Å². The lowest BCUT2D eigenvalue weighted by Crippen LogP contribution is -2.44. The highest BCUT2D eigenvalue weighted by Crippen LogP contribution is 2.19. The first kappa shape index (κ1) is 23.5. The van der Waals surface area contributed by atoms with Gasteiger partial charge in [0.25, 0.3) is 0 Å². The van der Waals surface area contributed by atoms with E-state index in [0.29, 0.717) is 19.6 Å². The quantitative estimate of drug-likeness (QED) is 0.446. The number of rotatable bonds is 9. The van der Waals surface area contributed by atoms with Gasteiger partial charge in [-0.2, -0.15) is 0 Å². The molecule has 3 amide bonds. The van der Waals surface area contributed by atoms with E-state index in [0.717, 1.165) is 33.7 Å². The maximum absolute atomic E-state index is 13.3. The minimum atomic E-state index is -0.246. The van der Waals surface area contributed by atoms with Gasteiger partial charge in [-0.3, -0.25) is 4.79 Å². The van der Waals surface area contributed by atoms with Gasteiger partial charge in [-0.15, -0.1) is 11.3 Å². The molecule has 5 nitrogen and oxygen atoms in total. The summed E-state index contributed by atoms with van der Waals surface area (Å²) in [6, 6.07) is 19.6. The number of nitrogens with zero attached hydrogens (tertiary/aromatic N) is 2. The molecule has 0 aliphatic rings. The molecule has 0 fully saturated rings. The third-order valence-electron chi connectivity index (χ3n) is 5.45. The summed E-state index contributed by atoms with van der Waals surface area (Å²) in [7, 11) is 0. The van der Waals surface area contributed by atoms with Gasteiger partial charge in [0.2, 0.25) is 5.91 Å². The molecular formula is C26H31N3O2S. The third kappa shape index (κ3) is 6.44. The third-order valence-corrected chi connectivity index (χ3v) is 6.31. The van der Waals surface area contributed by atoms with Crippen molar-refractivity contribution in [1.82, 2.24) is 9.80 Å². The molecule has 0 radical (unpaired) electrons. The summed E-state index contributed by atoms with van der Waals surface area (Å²) in [6.07, 6.45) is 0.775. The molecule has 6 heteroatoms. The number of aryl methyl sites for hydroxylation is 1. The summed E-state index contributed by atoms with van der Waals surface area (Å²) in [4.78, 5) is 30.9. The molecule has 1 N–H and O–H groups in total. The SMILES string of the molecule is CCCN(CC(=O)N(Cc1ccccc1)Cc1cccs1)C(=O)Nc1cccc(C)c1C. The van der Waals surface area contributed by atoms with Gasteiger partial charge in [-0.1, -0.05) is 55.5 Å². The van der Waals surface area contributed by atoms with Crippen LogP contribution in [-0.4, -0.2) is 34.8 Å². The van der Waals surface area contributed by atoms with Crippen molar-refractivity contribution in [3.8, 4) is 0 Å². The molecule has 0 aliphatic heterocycles. The lowest BCUT2D eigenvalue weighted by atomic mass is 10.1. The van der Waals surface area contributed by atoms with E-state index >= 15 is 0 Å². The Balaban J connectivity index is 1.74. The second-order valence-electron chi connectivity index (χ2n) is 7.91. The van der Waals surface area contributed by atoms with E-state index in [9.17, 15) is 9.59 Å². The number of urea groups is 1. The Hall–Kier alpha value is -3.12. The first-order valence-corrected chi connectivity index (χ1v) is 11.8. The molecule has 0 unspecified atom stereocenters. The van der Waals surface area contributed by atoms with Crippen LogP contribution in [0.4, 0.5) is 10.5 Å². The van der Waals surface area contributed by atoms with Crippen molar-refractivity contribution in [3.63, 3.8) is 0 Å². The van der Waals surface area contributed by atoms with Gasteiger partial charge in [0, 0.05) is 23.7 Å². The summed E-state index contributed by atoms with van der Waals surface area (Å²) in [5.41, 5.74) is 4.00. The summed E-state index contributed by atoms with van der Waals surface area (Å²) in [5.74, 6) is -0.0631. The van der Waals surface area contributed by atoms with Crippen LogP contribution in [0.25, 0.3) is 0 Å². The molecule has 3 aromatic rings. The summed E-state index contributed by atoms with van der Waals surface area (Å²) in [6.45, 7) is 7.62. The van der Waals surface area contributed by atoms with Crippen molar-refractivity contribution < 1.29 is 9.59 Å². The number of hydrogen-bond acceptors (Lipinski definition) is 3. The Kier molecular flexibility index (Phi) is 8.45. The van der Waals surface area contributed by atoms with Crippen LogP contribution in [0.1, 0.15) is 34.9 Å². The van der Waals surface area contributed by atoms with Crippen LogP contribution in [-0.2, 0) is 17.9 Å². The molecule has 1 heterocycles. The summed E-state index contributed by atoms with van der Waals surface area (Å²) < 4.78 is 0. The number of carbonyl (C=O) groups excluding carboxylic acids is 2. The van der Waals surface area contributed by atoms with Gasteiger partial charge in [-0.05, 0) is 54.5 Å². The van der Waals surface area contributed by atoms with E-state index in [1.54, 1.807) is 16.2 Å². The number of thiophene rings is 1. The van der Waals surface area contributed by atoms with E-state index in [1.165, 1.54) is 0 Å². The zero-order valence-electron chi connectivity index (χ0n) is 19.0. The number of carbonyl (C=O) groups is 2. The fourth-order valence-electron chi connectivity index (χ4n) is 3.49. The first-order valence-electron chi connectivity index (χ1n) is 10.9. The molecule has 0 spiro atoms. The van der Waals surface area contributed by atoms with Crippen LogP contribution in [0, 0.1) is 13.8 Å². The van der Waals surface area contributed by atoms with E-state index in [2.05, 4.69) is 5.32 Å². The molecule has 0 saturated heterocycles. The van der Waals surface area contributed by atoms with Gasteiger partial charge < -0.3 is 15.1 Å². The maximum Gasteiger partial charge on any atom is 0.322 e. The fourth-order valence-corrected chi connectivity index (χ4v) is 4.21. The van der Waals surface area contributed by atoms with Crippen LogP contribution in [0.15, 0.2) is 66.0 Å². The molecule has 1 aromatic heterocycles. The Morgan fingerprint density at radius 3 is 2.38 bits per heavy atom. The number of anilines is 1. The maximum atomic E-state index is 13.3. The lowest BCUT2D eigenvalue weighted by molar-refractivity contribution is -0.133. The van der Waals surface area contributed by atoms with Gasteiger partial charge in [0.05, 0.1) is 6.54 Å². The van der Waals surface area contributed by atoms with Crippen molar-refractivity contribution in [2.24, 2.45) is 0 Å². The van der Waals surface area contributed by atoms with Gasteiger partial charge in [0.1, 0.15) is 6.54 Å². The minimum absolute atomic E-state index is 0.0444. The Morgan fingerprint density at radius 2 is 1.69 bits per heavy atom. The van der Waals surface area contributed by atoms with E-state index < -0.39 is 0 Å². The number of benzene rings is 2. The molecule has 32 heavy (non-hydrogen) atoms. The Bertz CT molecular complexity index is 1020. The van der Waals surface area contributed by atoms with Crippen molar-refractivity contribution in [2.75, 3.05) is 18.4 Å². The van der Waals surface area contributed by atoms with Crippen LogP contribution >= 0.6 is 11.3 Å². The highest BCUT2D eigenvalue weighted by Gasteiger charge is 2.22. The highest BCUT2D eigenvalue weighted by molar-refractivity contribution is 7.09. The highest BCUT2D eigenvalue weighted by atomic mass is 32.1. The average molecular weight is 450 g/mol. The molecule has 3 rings (SSSR count). The monoisotopic (exact) mass is 449 g/mol. The average Bonchev–Trinajstić information content (AvgIpc) is 3.30. The predicted octanol–water partition coefficient (Wildman–Crippen LogP) is 5.84. The van der Waals surface area contributed by atoms with Gasteiger partial charge in [-0.25, -0.2) is 4.79 Å². The lowest BCUT2D eigenvalue weighted by Gasteiger charge is -2.28. The van der Waals surface area contributed by atoms with Crippen molar-refractivity contribution in [2.45, 2.75) is 40.3 Å². The summed E-state index contributed by atoms with van der Waals surface area (Å²) in [5, 5.41) is 5.01. The van der Waals surface area contributed by atoms with E-state index in [-0.39, 0.29) is 18.5 Å². The van der Waals surface area contributed by atoms with Gasteiger partial charge >= 0.3 is 6.03 Å². The zero-order chi connectivity index (χ0) is 22.9. The van der Waals surface area contributed by atoms with Gasteiger partial charge in [0.15, 0.2) is 0 Å². The van der Waals surface area contributed by atoms with E-state index in [4.69, 9.17) is 0 Å². The summed E-state index contributed by atoms with van der Waals surface area (Å²) >= 11 is 1.63. The van der Waals surface area contributed by atoms with Crippen molar-refractivity contribution in [1.29, 1.82) is 0 Å². The molecular weight excluding hydrogens is 418 g/mol. The van der Waals surface area contributed by atoms with E-state index in [1.807, 2.05) is 91.7 Å². The Morgan fingerprint density at radius 1 is 0.906 bits per heavy atom. The van der Waals surface area contributed by atoms with Crippen LogP contribution in [0.3, 0.4) is 0 Å². The zero-order valence-corrected chi connectivity index (χ0v) is 19.8. The van der Waals surface area contributed by atoms with Crippen LogP contribution in [0.5, 0.6) is 0 Å². The van der Waals surface area contributed by atoms with Crippen LogP contribution < -0.4 is 5.32 Å². The molecule has 2 aromatic carbocycles. The second-order valence-corrected chi connectivity index (χ2v) is 8.95. The van der Waals surface area contributed by atoms with Crippen molar-refractivity contribution in [3.05, 3.63) is 87.6 Å². The van der Waals surface area contributed by atoms with Crippen molar-refractivity contribution >= 4 is 29.0 Å². The molecule has 0 saturated carbocycles. The largest absolute Gasteiger partial charge is 0.332 e.